The van der Waals surface area contributed by atoms with Crippen molar-refractivity contribution < 1.29 is 38.2 Å². The summed E-state index contributed by atoms with van der Waals surface area (Å²) >= 11 is 0. The molecule has 0 aliphatic heterocycles. The van der Waals surface area contributed by atoms with Crippen LogP contribution in [0, 0.1) is 0 Å². The van der Waals surface area contributed by atoms with E-state index in [1.54, 1.807) is 21.1 Å². The molecule has 0 heterocycles. The highest BCUT2D eigenvalue weighted by molar-refractivity contribution is 5.70. The molecule has 0 amide bonds. The Bertz CT molecular complexity index is 942. The van der Waals surface area contributed by atoms with Crippen LogP contribution in [0.2, 0.25) is 0 Å². The van der Waals surface area contributed by atoms with E-state index in [1.165, 1.54) is 128 Å². The highest BCUT2D eigenvalue weighted by atomic mass is 16.6. The van der Waals surface area contributed by atoms with Crippen LogP contribution in [0.3, 0.4) is 0 Å². The maximum atomic E-state index is 12.7. The second kappa shape index (κ2) is 37.7. The van der Waals surface area contributed by atoms with E-state index in [9.17, 15) is 19.5 Å². The first kappa shape index (κ1) is 51.8. The molecule has 0 bridgehead atoms. The van der Waals surface area contributed by atoms with Gasteiger partial charge in [0.15, 0.2) is 6.10 Å². The number of ether oxygens (including phenoxy) is 3. The van der Waals surface area contributed by atoms with E-state index in [1.807, 2.05) is 0 Å². The smallest absolute Gasteiger partial charge is 0.306 e. The topological polar surface area (TPSA) is 102 Å². The number of unbranched alkanes of at least 4 members (excludes halogenated alkanes) is 23. The highest BCUT2D eigenvalue weighted by Gasteiger charge is 2.25. The van der Waals surface area contributed by atoms with Crippen LogP contribution >= 0.6 is 0 Å². The fourth-order valence-corrected chi connectivity index (χ4v) is 6.59. The Balaban J connectivity index is 4.29. The lowest BCUT2D eigenvalue weighted by atomic mass is 10.1. The van der Waals surface area contributed by atoms with Gasteiger partial charge in [-0.05, 0) is 38.5 Å². The Kier molecular flexibility index (Phi) is 36.2. The summed E-state index contributed by atoms with van der Waals surface area (Å²) in [7, 11) is 5.41. The fraction of sp³-hybridized carbons (Fsp3) is 0.848. The van der Waals surface area contributed by atoms with Crippen molar-refractivity contribution in [3.8, 4) is 0 Å². The molecule has 0 aromatic rings. The number of aliphatic carboxylic acids is 1. The fourth-order valence-electron chi connectivity index (χ4n) is 6.59. The zero-order chi connectivity index (χ0) is 40.0. The third-order valence-electron chi connectivity index (χ3n) is 10.1. The van der Waals surface area contributed by atoms with Crippen LogP contribution in [0.25, 0.3) is 0 Å². The van der Waals surface area contributed by atoms with Crippen molar-refractivity contribution in [3.05, 3.63) is 24.3 Å². The van der Waals surface area contributed by atoms with Crippen molar-refractivity contribution >= 4 is 17.9 Å². The predicted octanol–water partition coefficient (Wildman–Crippen LogP) is 10.7. The van der Waals surface area contributed by atoms with E-state index < -0.39 is 18.1 Å². The molecular formula is C46H85NO7. The first-order valence-corrected chi connectivity index (χ1v) is 22.4. The number of carbonyl (C=O) groups excluding carboxylic acids is 3. The summed E-state index contributed by atoms with van der Waals surface area (Å²) in [6, 6.07) is -0.723. The van der Waals surface area contributed by atoms with Gasteiger partial charge in [0.25, 0.3) is 0 Å². The van der Waals surface area contributed by atoms with Crippen molar-refractivity contribution in [1.29, 1.82) is 0 Å². The van der Waals surface area contributed by atoms with E-state index in [2.05, 4.69) is 38.2 Å². The molecule has 0 spiro atoms. The largest absolute Gasteiger partial charge is 0.544 e. The Morgan fingerprint density at radius 3 is 1.43 bits per heavy atom. The van der Waals surface area contributed by atoms with Gasteiger partial charge in [0.05, 0.1) is 40.3 Å². The van der Waals surface area contributed by atoms with Gasteiger partial charge in [0.1, 0.15) is 12.6 Å². The number of hydrogen-bond donors (Lipinski definition) is 0. The summed E-state index contributed by atoms with van der Waals surface area (Å²) in [6.45, 7) is 4.64. The number of carboxylic acid groups (broad SMARTS) is 1. The second-order valence-corrected chi connectivity index (χ2v) is 16.3. The third-order valence-corrected chi connectivity index (χ3v) is 10.1. The minimum atomic E-state index is -1.12. The second-order valence-electron chi connectivity index (χ2n) is 16.3. The zero-order valence-corrected chi connectivity index (χ0v) is 35.9. The van der Waals surface area contributed by atoms with Crippen LogP contribution < -0.4 is 5.11 Å². The molecule has 316 valence electrons. The number of rotatable bonds is 40. The van der Waals surface area contributed by atoms with Crippen LogP contribution in [-0.4, -0.2) is 75.5 Å². The Morgan fingerprint density at radius 2 is 0.963 bits per heavy atom. The molecule has 0 rings (SSSR count). The summed E-state index contributed by atoms with van der Waals surface area (Å²) < 4.78 is 17.2. The predicted molar refractivity (Wildman–Crippen MR) is 222 cm³/mol. The van der Waals surface area contributed by atoms with E-state index >= 15 is 0 Å². The lowest BCUT2D eigenvalue weighted by Crippen LogP contribution is -2.55. The Morgan fingerprint density at radius 1 is 0.556 bits per heavy atom. The van der Waals surface area contributed by atoms with Gasteiger partial charge >= 0.3 is 11.9 Å². The van der Waals surface area contributed by atoms with Crippen molar-refractivity contribution in [2.75, 3.05) is 41.0 Å². The van der Waals surface area contributed by atoms with Crippen LogP contribution in [0.15, 0.2) is 24.3 Å². The van der Waals surface area contributed by atoms with Gasteiger partial charge in [-0.1, -0.05) is 167 Å². The van der Waals surface area contributed by atoms with Gasteiger partial charge in [0.2, 0.25) is 0 Å². The number of likely N-dealkylation sites (N-methyl/N-ethyl adjacent to an activating group) is 1. The monoisotopic (exact) mass is 764 g/mol. The number of quaternary nitrogens is 1. The van der Waals surface area contributed by atoms with Gasteiger partial charge in [-0.25, -0.2) is 0 Å². The number of allylic oxidation sites excluding steroid dienone is 4. The molecule has 8 nitrogen and oxygen atoms in total. The molecule has 8 heteroatoms. The molecular weight excluding hydrogens is 679 g/mol. The summed E-state index contributed by atoms with van der Waals surface area (Å²) in [6.07, 6.45) is 40.5. The summed E-state index contributed by atoms with van der Waals surface area (Å²) in [4.78, 5) is 36.8. The number of esters is 2. The standard InChI is InChI=1S/C46H85NO7/c1-6-8-10-12-14-16-18-19-20-21-22-23-24-25-27-29-31-33-35-37-45(49)54-42(40-52-39-38-43(46(50)51)47(3,4)5)41-53-44(48)36-34-32-30-28-26-17-15-13-11-9-7-2/h14,16,18-19,42-43H,6-13,15,17,20-41H2,1-5H3/b16-14+,19-18+. The van der Waals surface area contributed by atoms with E-state index in [-0.39, 0.29) is 42.7 Å². The Hall–Kier alpha value is -2.19. The van der Waals surface area contributed by atoms with E-state index in [4.69, 9.17) is 14.2 Å². The lowest BCUT2D eigenvalue weighted by Gasteiger charge is -2.34. The number of carbonyl (C=O) groups is 3. The third kappa shape index (κ3) is 35.5. The summed E-state index contributed by atoms with van der Waals surface area (Å²) in [5, 5.41) is 11.6. The van der Waals surface area contributed by atoms with Crippen LogP contribution in [0.5, 0.6) is 0 Å². The number of nitrogens with zero attached hydrogens (tertiary/aromatic N) is 1. The van der Waals surface area contributed by atoms with Crippen LogP contribution in [0.4, 0.5) is 0 Å². The maximum Gasteiger partial charge on any atom is 0.306 e. The molecule has 0 saturated heterocycles. The quantitative estimate of drug-likeness (QED) is 0.0265. The van der Waals surface area contributed by atoms with Crippen molar-refractivity contribution in [2.24, 2.45) is 0 Å². The van der Waals surface area contributed by atoms with Gasteiger partial charge in [-0.3, -0.25) is 9.59 Å². The molecule has 0 fully saturated rings. The maximum absolute atomic E-state index is 12.7. The summed E-state index contributed by atoms with van der Waals surface area (Å²) in [5.41, 5.74) is 0. The minimum absolute atomic E-state index is 0.0433. The minimum Gasteiger partial charge on any atom is -0.544 e. The number of carboxylic acids is 1. The molecule has 0 saturated carbocycles. The van der Waals surface area contributed by atoms with Crippen LogP contribution in [-0.2, 0) is 28.6 Å². The molecule has 0 aliphatic rings. The van der Waals surface area contributed by atoms with Gasteiger partial charge in [-0.2, -0.15) is 0 Å². The molecule has 0 aromatic heterocycles. The molecule has 0 radical (unpaired) electrons. The molecule has 2 unspecified atom stereocenters. The summed E-state index contributed by atoms with van der Waals surface area (Å²) in [5.74, 6) is -1.73. The zero-order valence-electron chi connectivity index (χ0n) is 35.9. The average Bonchev–Trinajstić information content (AvgIpc) is 3.12. The molecule has 0 N–H and O–H groups in total. The van der Waals surface area contributed by atoms with Gasteiger partial charge < -0.3 is 28.6 Å². The van der Waals surface area contributed by atoms with E-state index in [0.29, 0.717) is 12.8 Å². The van der Waals surface area contributed by atoms with Crippen molar-refractivity contribution in [3.63, 3.8) is 0 Å². The molecule has 0 aromatic carbocycles. The van der Waals surface area contributed by atoms with Gasteiger partial charge in [0, 0.05) is 19.3 Å². The van der Waals surface area contributed by atoms with E-state index in [0.717, 1.165) is 38.5 Å². The van der Waals surface area contributed by atoms with Crippen molar-refractivity contribution in [1.82, 2.24) is 0 Å². The number of hydrogen-bond acceptors (Lipinski definition) is 7. The average molecular weight is 764 g/mol. The lowest BCUT2D eigenvalue weighted by molar-refractivity contribution is -0.889. The first-order chi connectivity index (χ1) is 26.1. The highest BCUT2D eigenvalue weighted by Crippen LogP contribution is 2.15. The van der Waals surface area contributed by atoms with Crippen molar-refractivity contribution in [2.45, 2.75) is 212 Å². The molecule has 54 heavy (non-hydrogen) atoms. The Labute approximate surface area is 332 Å². The normalized spacial score (nSPS) is 13.1. The van der Waals surface area contributed by atoms with Crippen LogP contribution in [0.1, 0.15) is 200 Å². The molecule has 0 aliphatic carbocycles. The van der Waals surface area contributed by atoms with Gasteiger partial charge in [-0.15, -0.1) is 0 Å². The first-order valence-electron chi connectivity index (χ1n) is 22.4. The SMILES string of the molecule is CCCCC/C=C/C=C/CCCCCCCCCCCCC(=O)OC(COCCC(C(=O)[O-])[N+](C)(C)C)COC(=O)CCCCCCCCCCCCC. The molecule has 2 atom stereocenters.